The van der Waals surface area contributed by atoms with Crippen molar-refractivity contribution in [1.29, 1.82) is 0 Å². The van der Waals surface area contributed by atoms with Crippen molar-refractivity contribution in [3.05, 3.63) is 59.7 Å². The molecule has 186 valence electrons. The van der Waals surface area contributed by atoms with Crippen molar-refractivity contribution in [2.45, 2.75) is 57.9 Å². The predicted molar refractivity (Wildman–Crippen MR) is 133 cm³/mol. The summed E-state index contributed by atoms with van der Waals surface area (Å²) in [6, 6.07) is 15.5. The lowest BCUT2D eigenvalue weighted by atomic mass is 9.82. The van der Waals surface area contributed by atoms with Crippen LogP contribution in [0, 0.1) is 11.3 Å². The van der Waals surface area contributed by atoms with E-state index in [1.807, 2.05) is 24.3 Å². The van der Waals surface area contributed by atoms with E-state index in [-0.39, 0.29) is 25.0 Å². The first-order chi connectivity index (χ1) is 16.9. The molecule has 2 aromatic carbocycles. The lowest BCUT2D eigenvalue weighted by molar-refractivity contribution is -0.149. The van der Waals surface area contributed by atoms with Crippen LogP contribution in [0.3, 0.4) is 0 Å². The highest BCUT2D eigenvalue weighted by atomic mass is 16.5. The molecule has 1 saturated carbocycles. The summed E-state index contributed by atoms with van der Waals surface area (Å²) in [5.41, 5.74) is 3.54. The largest absolute Gasteiger partial charge is 0.481 e. The van der Waals surface area contributed by atoms with Gasteiger partial charge in [0, 0.05) is 12.5 Å². The number of amides is 2. The zero-order valence-electron chi connectivity index (χ0n) is 20.4. The van der Waals surface area contributed by atoms with Crippen molar-refractivity contribution in [3.8, 4) is 11.1 Å². The fraction of sp³-hybridized carbons (Fsp3) is 0.464. The molecule has 0 bridgehead atoms. The molecule has 3 N–H and O–H groups in total. The topological polar surface area (TPSA) is 105 Å². The van der Waals surface area contributed by atoms with E-state index < -0.39 is 23.5 Å². The fourth-order valence-electron chi connectivity index (χ4n) is 4.96. The summed E-state index contributed by atoms with van der Waals surface area (Å²) in [5, 5.41) is 15.2. The van der Waals surface area contributed by atoms with Crippen molar-refractivity contribution in [3.63, 3.8) is 0 Å². The van der Waals surface area contributed by atoms with Crippen LogP contribution in [-0.2, 0) is 14.3 Å². The van der Waals surface area contributed by atoms with Crippen LogP contribution < -0.4 is 10.6 Å². The van der Waals surface area contributed by atoms with Gasteiger partial charge < -0.3 is 20.5 Å². The van der Waals surface area contributed by atoms with Crippen molar-refractivity contribution in [2.75, 3.05) is 13.2 Å². The Morgan fingerprint density at radius 3 is 2.09 bits per heavy atom. The molecule has 2 amide bonds. The summed E-state index contributed by atoms with van der Waals surface area (Å²) in [4.78, 5) is 37.5. The lowest BCUT2D eigenvalue weighted by Gasteiger charge is -2.28. The molecular formula is C28H34N2O5. The molecule has 0 aromatic heterocycles. The molecule has 0 unspecified atom stereocenters. The number of rotatable bonds is 11. The molecule has 0 radical (unpaired) electrons. The highest BCUT2D eigenvalue weighted by Gasteiger charge is 2.37. The van der Waals surface area contributed by atoms with Crippen LogP contribution in [0.5, 0.6) is 0 Å². The van der Waals surface area contributed by atoms with Gasteiger partial charge in [-0.15, -0.1) is 0 Å². The average molecular weight is 479 g/mol. The van der Waals surface area contributed by atoms with E-state index in [1.165, 1.54) is 0 Å². The highest BCUT2D eigenvalue weighted by Crippen LogP contribution is 2.44. The Balaban J connectivity index is 1.39. The molecule has 2 aliphatic carbocycles. The Kier molecular flexibility index (Phi) is 7.43. The first kappa shape index (κ1) is 24.8. The third kappa shape index (κ3) is 5.34. The zero-order valence-corrected chi connectivity index (χ0v) is 20.4. The second-order valence-corrected chi connectivity index (χ2v) is 9.71. The van der Waals surface area contributed by atoms with Gasteiger partial charge in [-0.2, -0.15) is 0 Å². The first-order valence-electron chi connectivity index (χ1n) is 12.5. The highest BCUT2D eigenvalue weighted by molar-refractivity contribution is 5.86. The number of hydrogen-bond acceptors (Lipinski definition) is 4. The number of hydrogen-bond donors (Lipinski definition) is 3. The Labute approximate surface area is 206 Å². The molecule has 0 spiro atoms. The maximum Gasteiger partial charge on any atom is 0.407 e. The molecule has 0 heterocycles. The van der Waals surface area contributed by atoms with Gasteiger partial charge >= 0.3 is 12.1 Å². The zero-order chi connectivity index (χ0) is 25.0. The van der Waals surface area contributed by atoms with Gasteiger partial charge in [0.25, 0.3) is 0 Å². The lowest BCUT2D eigenvalue weighted by Crippen LogP contribution is -2.51. The van der Waals surface area contributed by atoms with Gasteiger partial charge in [-0.05, 0) is 47.4 Å². The monoisotopic (exact) mass is 478 g/mol. The third-order valence-corrected chi connectivity index (χ3v) is 7.63. The van der Waals surface area contributed by atoms with E-state index in [0.29, 0.717) is 25.2 Å². The minimum atomic E-state index is -1.01. The van der Waals surface area contributed by atoms with Gasteiger partial charge in [0.1, 0.15) is 12.6 Å². The molecule has 7 heteroatoms. The number of benzene rings is 2. The van der Waals surface area contributed by atoms with E-state index >= 15 is 0 Å². The molecule has 4 rings (SSSR count). The number of alkyl carbamates (subject to hydrolysis) is 1. The Bertz CT molecular complexity index is 1040. The number of fused-ring (bicyclic) bond motifs is 3. The van der Waals surface area contributed by atoms with Gasteiger partial charge in [-0.25, -0.2) is 4.79 Å². The minimum Gasteiger partial charge on any atom is -0.481 e. The molecule has 0 aliphatic heterocycles. The van der Waals surface area contributed by atoms with Gasteiger partial charge in [-0.3, -0.25) is 9.59 Å². The summed E-state index contributed by atoms with van der Waals surface area (Å²) in [6.45, 7) is 3.81. The SMILES string of the molecule is CCC(CC)(CNC(=O)[C@H](CC1CC1)NC(=O)OCC1c2ccccc2-c2ccccc21)C(=O)O. The van der Waals surface area contributed by atoms with Crippen LogP contribution in [0.25, 0.3) is 11.1 Å². The van der Waals surface area contributed by atoms with Crippen LogP contribution in [0.4, 0.5) is 4.79 Å². The smallest absolute Gasteiger partial charge is 0.407 e. The Morgan fingerprint density at radius 2 is 1.57 bits per heavy atom. The molecule has 1 atom stereocenters. The average Bonchev–Trinajstić information content (AvgIpc) is 3.63. The maximum atomic E-state index is 13.0. The van der Waals surface area contributed by atoms with Crippen molar-refractivity contribution < 1.29 is 24.2 Å². The van der Waals surface area contributed by atoms with E-state index in [1.54, 1.807) is 13.8 Å². The number of aliphatic carboxylic acids is 1. The molecule has 7 nitrogen and oxygen atoms in total. The summed E-state index contributed by atoms with van der Waals surface area (Å²) in [6.07, 6.45) is 2.76. The van der Waals surface area contributed by atoms with Crippen LogP contribution in [0.15, 0.2) is 48.5 Å². The van der Waals surface area contributed by atoms with Gasteiger partial charge in [0.15, 0.2) is 0 Å². The Morgan fingerprint density at radius 1 is 1.00 bits per heavy atom. The van der Waals surface area contributed by atoms with Crippen LogP contribution in [0.2, 0.25) is 0 Å². The number of nitrogens with one attached hydrogen (secondary N) is 2. The number of carboxylic acid groups (broad SMARTS) is 1. The number of carbonyl (C=O) groups is 3. The molecule has 1 fully saturated rings. The fourth-order valence-corrected chi connectivity index (χ4v) is 4.96. The number of carbonyl (C=O) groups excluding carboxylic acids is 2. The molecular weight excluding hydrogens is 444 g/mol. The van der Waals surface area contributed by atoms with E-state index in [2.05, 4.69) is 34.9 Å². The van der Waals surface area contributed by atoms with E-state index in [4.69, 9.17) is 4.74 Å². The first-order valence-corrected chi connectivity index (χ1v) is 12.5. The molecule has 2 aliphatic rings. The van der Waals surface area contributed by atoms with Crippen LogP contribution in [0.1, 0.15) is 63.0 Å². The quantitative estimate of drug-likeness (QED) is 0.434. The third-order valence-electron chi connectivity index (χ3n) is 7.63. The second kappa shape index (κ2) is 10.5. The van der Waals surface area contributed by atoms with E-state index in [9.17, 15) is 19.5 Å². The minimum absolute atomic E-state index is 0.0295. The number of carboxylic acids is 1. The summed E-state index contributed by atoms with van der Waals surface area (Å²) < 4.78 is 5.62. The van der Waals surface area contributed by atoms with Gasteiger partial charge in [-0.1, -0.05) is 75.2 Å². The van der Waals surface area contributed by atoms with Crippen LogP contribution in [-0.4, -0.2) is 42.3 Å². The summed E-state index contributed by atoms with van der Waals surface area (Å²) in [5.74, 6) is -0.959. The predicted octanol–water partition coefficient (Wildman–Crippen LogP) is 4.70. The maximum absolute atomic E-state index is 13.0. The van der Waals surface area contributed by atoms with Crippen LogP contribution >= 0.6 is 0 Å². The molecule has 35 heavy (non-hydrogen) atoms. The number of ether oxygens (including phenoxy) is 1. The van der Waals surface area contributed by atoms with Crippen molar-refractivity contribution in [2.24, 2.45) is 11.3 Å². The van der Waals surface area contributed by atoms with Crippen molar-refractivity contribution >= 4 is 18.0 Å². The molecule has 2 aromatic rings. The Hall–Kier alpha value is -3.35. The normalized spacial score (nSPS) is 15.6. The van der Waals surface area contributed by atoms with Crippen molar-refractivity contribution in [1.82, 2.24) is 10.6 Å². The van der Waals surface area contributed by atoms with E-state index in [0.717, 1.165) is 35.1 Å². The van der Waals surface area contributed by atoms with Gasteiger partial charge in [0.05, 0.1) is 5.41 Å². The second-order valence-electron chi connectivity index (χ2n) is 9.71. The summed E-state index contributed by atoms with van der Waals surface area (Å²) >= 11 is 0. The molecule has 0 saturated heterocycles. The standard InChI is InChI=1S/C28H34N2O5/c1-3-28(4-2,26(32)33)17-29-25(31)24(15-18-13-14-18)30-27(34)35-16-23-21-11-7-5-9-19(21)20-10-6-8-12-22(20)23/h5-12,18,23-24H,3-4,13-17H2,1-2H3,(H,29,31)(H,30,34)(H,32,33)/t24-/m0/s1. The van der Waals surface area contributed by atoms with Gasteiger partial charge in [0.2, 0.25) is 5.91 Å². The summed E-state index contributed by atoms with van der Waals surface area (Å²) in [7, 11) is 0.